The zero-order valence-electron chi connectivity index (χ0n) is 19.1. The molecular formula is C23H29N5O5. The molecule has 1 saturated heterocycles. The maximum absolute atomic E-state index is 13.2. The lowest BCUT2D eigenvalue weighted by molar-refractivity contribution is -0.123. The van der Waals surface area contributed by atoms with Gasteiger partial charge in [-0.05, 0) is 37.8 Å². The van der Waals surface area contributed by atoms with Crippen LogP contribution in [-0.4, -0.2) is 48.6 Å². The molecule has 1 fully saturated rings. The summed E-state index contributed by atoms with van der Waals surface area (Å²) in [6, 6.07) is 5.25. The van der Waals surface area contributed by atoms with Gasteiger partial charge in [0.15, 0.2) is 0 Å². The van der Waals surface area contributed by atoms with E-state index in [9.17, 15) is 14.4 Å². The lowest BCUT2D eigenvalue weighted by Gasteiger charge is -2.36. The number of aromatic nitrogens is 2. The first-order chi connectivity index (χ1) is 15.9. The Bertz CT molecular complexity index is 1110. The van der Waals surface area contributed by atoms with Crippen molar-refractivity contribution in [3.63, 3.8) is 0 Å². The van der Waals surface area contributed by atoms with Crippen LogP contribution in [0.1, 0.15) is 50.5 Å². The van der Waals surface area contributed by atoms with Gasteiger partial charge in [0, 0.05) is 25.1 Å². The van der Waals surface area contributed by atoms with Crippen molar-refractivity contribution < 1.29 is 19.1 Å². The number of nitrogens with one attached hydrogen (secondary N) is 3. The van der Waals surface area contributed by atoms with Crippen LogP contribution in [0.2, 0.25) is 0 Å². The highest BCUT2D eigenvalue weighted by Gasteiger charge is 2.36. The second kappa shape index (κ2) is 9.51. The van der Waals surface area contributed by atoms with Gasteiger partial charge >= 0.3 is 0 Å². The number of piperidine rings is 1. The van der Waals surface area contributed by atoms with E-state index in [-0.39, 0.29) is 29.8 Å². The molecule has 3 heterocycles. The van der Waals surface area contributed by atoms with Crippen LogP contribution in [0, 0.1) is 0 Å². The van der Waals surface area contributed by atoms with Gasteiger partial charge in [-0.1, -0.05) is 6.92 Å². The second-order valence-electron chi connectivity index (χ2n) is 8.26. The van der Waals surface area contributed by atoms with Gasteiger partial charge in [-0.2, -0.15) is 4.98 Å². The van der Waals surface area contributed by atoms with Crippen molar-refractivity contribution in [2.45, 2.75) is 51.0 Å². The van der Waals surface area contributed by atoms with Gasteiger partial charge < -0.3 is 25.0 Å². The summed E-state index contributed by atoms with van der Waals surface area (Å²) in [5.74, 6) is -0.271. The van der Waals surface area contributed by atoms with Crippen molar-refractivity contribution in [1.29, 1.82) is 0 Å². The summed E-state index contributed by atoms with van der Waals surface area (Å²) in [6.45, 7) is 2.89. The van der Waals surface area contributed by atoms with E-state index in [1.807, 2.05) is 0 Å². The summed E-state index contributed by atoms with van der Waals surface area (Å²) >= 11 is 0. The van der Waals surface area contributed by atoms with Crippen molar-refractivity contribution in [3.05, 3.63) is 34.1 Å². The third-order valence-corrected chi connectivity index (χ3v) is 6.29. The lowest BCUT2D eigenvalue weighted by Crippen LogP contribution is -2.43. The number of carbonyl (C=O) groups is 2. The summed E-state index contributed by atoms with van der Waals surface area (Å²) in [7, 11) is 3.01. The maximum atomic E-state index is 13.2. The Morgan fingerprint density at radius 1 is 1.24 bits per heavy atom. The number of anilines is 3. The second-order valence-corrected chi connectivity index (χ2v) is 8.26. The van der Waals surface area contributed by atoms with Crippen LogP contribution in [0.4, 0.5) is 17.5 Å². The number of rotatable bonds is 6. The average Bonchev–Trinajstić information content (AvgIpc) is 2.83. The van der Waals surface area contributed by atoms with Crippen LogP contribution in [0.3, 0.4) is 0 Å². The minimum absolute atomic E-state index is 0.146. The van der Waals surface area contributed by atoms with Crippen LogP contribution in [-0.2, 0) is 9.59 Å². The number of methoxy groups -OCH3 is 2. The number of hydrogen-bond acceptors (Lipinski definition) is 7. The normalized spacial score (nSPS) is 20.0. The number of fused-ring (bicyclic) bond motifs is 1. The topological polar surface area (TPSA) is 126 Å². The van der Waals surface area contributed by atoms with E-state index in [2.05, 4.69) is 32.4 Å². The summed E-state index contributed by atoms with van der Waals surface area (Å²) in [5, 5.41) is 5.46. The Morgan fingerprint density at radius 3 is 2.79 bits per heavy atom. The van der Waals surface area contributed by atoms with E-state index in [0.717, 1.165) is 32.2 Å². The summed E-state index contributed by atoms with van der Waals surface area (Å²) in [6.07, 6.45) is 3.96. The van der Waals surface area contributed by atoms with Gasteiger partial charge in [-0.25, -0.2) is 0 Å². The Morgan fingerprint density at radius 2 is 2.06 bits per heavy atom. The Kier molecular flexibility index (Phi) is 6.52. The summed E-state index contributed by atoms with van der Waals surface area (Å²) in [4.78, 5) is 48.2. The highest BCUT2D eigenvalue weighted by atomic mass is 16.5. The van der Waals surface area contributed by atoms with E-state index in [1.165, 1.54) is 14.2 Å². The Labute approximate surface area is 191 Å². The highest BCUT2D eigenvalue weighted by Crippen LogP contribution is 2.34. The minimum Gasteiger partial charge on any atom is -0.497 e. The van der Waals surface area contributed by atoms with Crippen molar-refractivity contribution >= 4 is 29.3 Å². The number of amides is 2. The van der Waals surface area contributed by atoms with E-state index in [4.69, 9.17) is 9.47 Å². The summed E-state index contributed by atoms with van der Waals surface area (Å²) < 4.78 is 10.5. The molecule has 3 N–H and O–H groups in total. The Balaban J connectivity index is 1.65. The number of H-pyrrole nitrogens is 1. The van der Waals surface area contributed by atoms with Gasteiger partial charge in [0.25, 0.3) is 5.56 Å². The van der Waals surface area contributed by atoms with Crippen molar-refractivity contribution in [2.75, 3.05) is 36.3 Å². The van der Waals surface area contributed by atoms with Gasteiger partial charge in [0.2, 0.25) is 17.8 Å². The first-order valence-electron chi connectivity index (χ1n) is 11.2. The molecule has 0 spiro atoms. The minimum atomic E-state index is -0.978. The third-order valence-electron chi connectivity index (χ3n) is 6.29. The molecule has 2 amide bonds. The molecule has 10 nitrogen and oxygen atoms in total. The van der Waals surface area contributed by atoms with E-state index in [0.29, 0.717) is 23.1 Å². The smallest absolute Gasteiger partial charge is 0.258 e. The molecule has 2 aliphatic rings. The molecule has 2 atom stereocenters. The molecule has 0 unspecified atom stereocenters. The largest absolute Gasteiger partial charge is 0.497 e. The fourth-order valence-electron chi connectivity index (χ4n) is 4.54. The number of nitrogens with zero attached hydrogens (tertiary/aromatic N) is 2. The first kappa shape index (κ1) is 22.6. The molecule has 0 aliphatic carbocycles. The van der Waals surface area contributed by atoms with Crippen LogP contribution in [0.5, 0.6) is 11.5 Å². The maximum Gasteiger partial charge on any atom is 0.258 e. The molecule has 0 saturated carbocycles. The summed E-state index contributed by atoms with van der Waals surface area (Å²) in [5.41, 5.74) is 0.154. The average molecular weight is 456 g/mol. The molecule has 1 aromatic heterocycles. The van der Waals surface area contributed by atoms with Crippen LogP contribution >= 0.6 is 0 Å². The number of ether oxygens (including phenoxy) is 2. The molecule has 10 heteroatoms. The van der Waals surface area contributed by atoms with Gasteiger partial charge in [-0.3, -0.25) is 19.4 Å². The standard InChI is InChI=1S/C23H29N5O5/c1-4-13-7-5-6-10-28(13)23-26-20-19(22(31)27-23)15(12-18(29)25-20)21(30)24-16-9-8-14(32-2)11-17(16)33-3/h8-9,11,13,15H,4-7,10,12H2,1-3H3,(H,24,30)(H2,25,26,27,29,31)/t13-,15-/m0/s1. The number of carbonyl (C=O) groups excluding carboxylic acids is 2. The van der Waals surface area contributed by atoms with E-state index in [1.54, 1.807) is 18.2 Å². The van der Waals surface area contributed by atoms with Crippen molar-refractivity contribution in [2.24, 2.45) is 0 Å². The molecule has 0 bridgehead atoms. The predicted octanol–water partition coefficient (Wildman–Crippen LogP) is 2.62. The molecule has 176 valence electrons. The molecule has 0 radical (unpaired) electrons. The number of hydrogen-bond donors (Lipinski definition) is 3. The van der Waals surface area contributed by atoms with Crippen LogP contribution in [0.15, 0.2) is 23.0 Å². The Hall–Kier alpha value is -3.56. The van der Waals surface area contributed by atoms with E-state index >= 15 is 0 Å². The number of aromatic amines is 1. The van der Waals surface area contributed by atoms with Crippen molar-refractivity contribution in [3.8, 4) is 11.5 Å². The van der Waals surface area contributed by atoms with E-state index < -0.39 is 17.4 Å². The molecule has 2 aliphatic heterocycles. The van der Waals surface area contributed by atoms with Crippen LogP contribution in [0.25, 0.3) is 0 Å². The fraction of sp³-hybridized carbons (Fsp3) is 0.478. The zero-order chi connectivity index (χ0) is 23.5. The molecular weight excluding hydrogens is 426 g/mol. The molecule has 4 rings (SSSR count). The van der Waals surface area contributed by atoms with Gasteiger partial charge in [-0.15, -0.1) is 0 Å². The first-order valence-corrected chi connectivity index (χ1v) is 11.2. The molecule has 1 aromatic carbocycles. The van der Waals surface area contributed by atoms with Gasteiger partial charge in [0.1, 0.15) is 17.3 Å². The monoisotopic (exact) mass is 455 g/mol. The van der Waals surface area contributed by atoms with Gasteiger partial charge in [0.05, 0.1) is 31.4 Å². The SMILES string of the molecule is CC[C@H]1CCCCN1c1nc2c(c(=O)[nH]1)[C@@H](C(=O)Nc1ccc(OC)cc1OC)CC(=O)N2. The predicted molar refractivity (Wildman–Crippen MR) is 124 cm³/mol. The molecule has 33 heavy (non-hydrogen) atoms. The fourth-order valence-corrected chi connectivity index (χ4v) is 4.54. The third kappa shape index (κ3) is 4.50. The molecule has 2 aromatic rings. The number of benzene rings is 1. The van der Waals surface area contributed by atoms with Crippen LogP contribution < -0.4 is 30.6 Å². The van der Waals surface area contributed by atoms with Crippen molar-refractivity contribution in [1.82, 2.24) is 9.97 Å². The quantitative estimate of drug-likeness (QED) is 0.611. The highest BCUT2D eigenvalue weighted by molar-refractivity contribution is 6.05. The zero-order valence-corrected chi connectivity index (χ0v) is 19.1. The lowest BCUT2D eigenvalue weighted by atomic mass is 9.92.